The number of ether oxygens (including phenoxy) is 1. The number of aliphatic hydroxyl groups excluding tert-OH is 2. The first kappa shape index (κ1) is 45.4. The number of amides is 3. The molecule has 0 aromatic carbocycles. The largest absolute Gasteiger partial charge is 0.481 e. The number of carbonyl (C=O) groups excluding carboxylic acids is 4. The summed E-state index contributed by atoms with van der Waals surface area (Å²) < 4.78 is 61.9. The van der Waals surface area contributed by atoms with E-state index >= 15 is 0 Å². The molecule has 0 radical (unpaired) electrons. The lowest BCUT2D eigenvalue weighted by molar-refractivity contribution is -0.137. The molecule has 1 fully saturated rings. The zero-order chi connectivity index (χ0) is 40.6. The third-order valence-electron chi connectivity index (χ3n) is 7.08. The molecular formula is C24H39N8O18P3S. The normalized spacial score (nSPS) is 21.9. The number of nitrogens with one attached hydrogen (secondary N) is 2. The van der Waals surface area contributed by atoms with Gasteiger partial charge in [-0.05, 0) is 0 Å². The molecule has 0 spiro atoms. The zero-order valence-corrected chi connectivity index (χ0v) is 31.8. The number of primary amides is 1. The Morgan fingerprint density at radius 3 is 2.37 bits per heavy atom. The fraction of sp³-hybridized carbons (Fsp3) is 0.625. The van der Waals surface area contributed by atoms with Gasteiger partial charge in [0, 0.05) is 30.7 Å². The molecule has 1 aliphatic rings. The number of carbonyl (C=O) groups is 4. The third-order valence-corrected chi connectivity index (χ3v) is 11.1. The number of rotatable bonds is 21. The SMILES string of the molecule is CC(C)(COP(=O)(O)OP(=O)(O)OCC1OC(n2cnc3c(N)ncnc32)C(O)C1OP(=O)(O)O)C(O)C(=O)NCCC(=O)NCCSC(=O)CC(N)=O. The van der Waals surface area contributed by atoms with Gasteiger partial charge >= 0.3 is 23.5 Å². The minimum absolute atomic E-state index is 0.0213. The number of hydrogen-bond donors (Lipinski definition) is 10. The number of imidazole rings is 1. The second-order valence-corrected chi connectivity index (χ2v) is 17.3. The van der Waals surface area contributed by atoms with E-state index in [0.29, 0.717) is 0 Å². The molecule has 0 aliphatic carbocycles. The maximum Gasteiger partial charge on any atom is 0.481 e. The summed E-state index contributed by atoms with van der Waals surface area (Å²) in [6.07, 6.45) is -7.51. The van der Waals surface area contributed by atoms with Crippen LogP contribution in [0.4, 0.5) is 5.82 Å². The molecular weight excluding hydrogens is 813 g/mol. The van der Waals surface area contributed by atoms with Crippen LogP contribution in [0.1, 0.15) is 32.9 Å². The van der Waals surface area contributed by atoms with Gasteiger partial charge < -0.3 is 56.6 Å². The summed E-state index contributed by atoms with van der Waals surface area (Å²) in [5.74, 6) is -2.20. The number of nitrogens with two attached hydrogens (primary N) is 2. The van der Waals surface area contributed by atoms with Crippen molar-refractivity contribution in [3.05, 3.63) is 12.7 Å². The van der Waals surface area contributed by atoms with Crippen LogP contribution in [-0.4, -0.2) is 129 Å². The highest BCUT2D eigenvalue weighted by atomic mass is 32.2. The molecule has 1 saturated heterocycles. The Hall–Kier alpha value is -2.97. The number of fused-ring (bicyclic) bond motifs is 1. The van der Waals surface area contributed by atoms with Crippen LogP contribution in [0.25, 0.3) is 11.2 Å². The van der Waals surface area contributed by atoms with Crippen molar-refractivity contribution in [2.24, 2.45) is 11.1 Å². The van der Waals surface area contributed by atoms with Crippen molar-refractivity contribution in [3.8, 4) is 0 Å². The highest BCUT2D eigenvalue weighted by Gasteiger charge is 2.50. The molecule has 12 N–H and O–H groups in total. The van der Waals surface area contributed by atoms with E-state index in [1.807, 2.05) is 0 Å². The van der Waals surface area contributed by atoms with Crippen LogP contribution < -0.4 is 22.1 Å². The average Bonchev–Trinajstić information content (AvgIpc) is 3.60. The molecule has 2 aromatic heterocycles. The van der Waals surface area contributed by atoms with Crippen LogP contribution in [-0.2, 0) is 55.5 Å². The molecule has 304 valence electrons. The second-order valence-electron chi connectivity index (χ2n) is 11.9. The lowest BCUT2D eigenvalue weighted by atomic mass is 9.87. The molecule has 1 aliphatic heterocycles. The number of nitrogens with zero attached hydrogens (tertiary/aromatic N) is 4. The summed E-state index contributed by atoms with van der Waals surface area (Å²) in [6.45, 7) is 0.217. The van der Waals surface area contributed by atoms with Gasteiger partial charge in [0.2, 0.25) is 17.7 Å². The number of hydrogen-bond acceptors (Lipinski definition) is 19. The van der Waals surface area contributed by atoms with E-state index in [4.69, 9.17) is 25.3 Å². The van der Waals surface area contributed by atoms with E-state index in [9.17, 15) is 62.7 Å². The van der Waals surface area contributed by atoms with Crippen molar-refractivity contribution in [2.75, 3.05) is 37.8 Å². The molecule has 7 unspecified atom stereocenters. The number of thioether (sulfide) groups is 1. The Balaban J connectivity index is 1.51. The fourth-order valence-electron chi connectivity index (χ4n) is 4.49. The van der Waals surface area contributed by atoms with Crippen molar-refractivity contribution in [1.29, 1.82) is 0 Å². The quantitative estimate of drug-likeness (QED) is 0.0354. The standard InChI is InChI=1S/C24H39N8O18P3S/c1-24(2,19(37)22(38)28-4-3-14(34)27-5-6-54-15(35)7-13(25)33)9-47-53(44,45)50-52(42,43)46-8-12-18(49-51(39,40)41)17(36)23(48-12)32-11-31-16-20(26)29-10-30-21(16)32/h10-12,17-19,23,36-37H,3-9H2,1-2H3,(H2,25,33)(H,27,34)(H,28,38)(H,42,43)(H,44,45)(H2,26,29,30)(H2,39,40,41). The average molecular weight is 853 g/mol. The first-order valence-electron chi connectivity index (χ1n) is 15.2. The van der Waals surface area contributed by atoms with Crippen molar-refractivity contribution in [2.45, 2.75) is 57.3 Å². The molecule has 7 atom stereocenters. The molecule has 3 amide bonds. The van der Waals surface area contributed by atoms with Crippen molar-refractivity contribution in [1.82, 2.24) is 30.2 Å². The number of anilines is 1. The summed E-state index contributed by atoms with van der Waals surface area (Å²) in [7, 11) is -16.4. The van der Waals surface area contributed by atoms with Crippen LogP contribution in [0.3, 0.4) is 0 Å². The molecule has 3 heterocycles. The van der Waals surface area contributed by atoms with Gasteiger partial charge in [-0.15, -0.1) is 0 Å². The minimum atomic E-state index is -5.58. The Bertz CT molecular complexity index is 1830. The minimum Gasteiger partial charge on any atom is -0.386 e. The van der Waals surface area contributed by atoms with Crippen LogP contribution in [0.2, 0.25) is 0 Å². The molecule has 3 rings (SSSR count). The van der Waals surface area contributed by atoms with Crippen molar-refractivity contribution < 1.29 is 85.3 Å². The Kier molecular flexibility index (Phi) is 15.8. The predicted octanol–water partition coefficient (Wildman–Crippen LogP) is -2.46. The van der Waals surface area contributed by atoms with Crippen LogP contribution >= 0.6 is 35.2 Å². The maximum atomic E-state index is 12.6. The third kappa shape index (κ3) is 13.6. The van der Waals surface area contributed by atoms with E-state index in [-0.39, 0.29) is 42.2 Å². The summed E-state index contributed by atoms with van der Waals surface area (Å²) in [5.41, 5.74) is 9.12. The summed E-state index contributed by atoms with van der Waals surface area (Å²) in [5, 5.41) is 25.6. The molecule has 54 heavy (non-hydrogen) atoms. The van der Waals surface area contributed by atoms with Gasteiger partial charge in [0.1, 0.15) is 36.3 Å². The fourth-order valence-corrected chi connectivity index (χ4v) is 7.99. The Morgan fingerprint density at radius 1 is 1.06 bits per heavy atom. The zero-order valence-electron chi connectivity index (χ0n) is 28.3. The monoisotopic (exact) mass is 852 g/mol. The summed E-state index contributed by atoms with van der Waals surface area (Å²) in [6, 6.07) is 0. The number of aromatic nitrogens is 4. The highest BCUT2D eigenvalue weighted by molar-refractivity contribution is 8.13. The summed E-state index contributed by atoms with van der Waals surface area (Å²) in [4.78, 5) is 97.3. The Morgan fingerprint density at radius 2 is 1.72 bits per heavy atom. The van der Waals surface area contributed by atoms with Gasteiger partial charge in [-0.1, -0.05) is 25.6 Å². The van der Waals surface area contributed by atoms with Gasteiger partial charge in [-0.2, -0.15) is 4.31 Å². The molecule has 2 aromatic rings. The van der Waals surface area contributed by atoms with Gasteiger partial charge in [0.15, 0.2) is 22.8 Å². The molecule has 26 nitrogen and oxygen atoms in total. The van der Waals surface area contributed by atoms with E-state index in [1.165, 1.54) is 13.8 Å². The van der Waals surface area contributed by atoms with E-state index in [2.05, 4.69) is 34.4 Å². The van der Waals surface area contributed by atoms with Gasteiger partial charge in [0.25, 0.3) is 0 Å². The van der Waals surface area contributed by atoms with Crippen LogP contribution in [0.15, 0.2) is 12.7 Å². The van der Waals surface area contributed by atoms with E-state index in [1.54, 1.807) is 0 Å². The topological polar surface area (TPSA) is 407 Å². The van der Waals surface area contributed by atoms with Gasteiger partial charge in [0.05, 0.1) is 26.0 Å². The number of aliphatic hydroxyl groups is 2. The predicted molar refractivity (Wildman–Crippen MR) is 181 cm³/mol. The molecule has 30 heteroatoms. The lowest BCUT2D eigenvalue weighted by Crippen LogP contribution is -2.46. The summed E-state index contributed by atoms with van der Waals surface area (Å²) >= 11 is 0.798. The second kappa shape index (κ2) is 18.8. The van der Waals surface area contributed by atoms with Gasteiger partial charge in [-0.25, -0.2) is 28.6 Å². The van der Waals surface area contributed by atoms with Crippen molar-refractivity contribution >= 4 is 75.0 Å². The number of phosphoric acid groups is 3. The highest BCUT2D eigenvalue weighted by Crippen LogP contribution is 2.61. The van der Waals surface area contributed by atoms with Crippen LogP contribution in [0, 0.1) is 5.41 Å². The Labute approximate surface area is 309 Å². The van der Waals surface area contributed by atoms with Crippen molar-refractivity contribution in [3.63, 3.8) is 0 Å². The van der Waals surface area contributed by atoms with Crippen LogP contribution in [0.5, 0.6) is 0 Å². The van der Waals surface area contributed by atoms with E-state index in [0.717, 1.165) is 29.0 Å². The van der Waals surface area contributed by atoms with E-state index < -0.39 is 102 Å². The first-order chi connectivity index (χ1) is 24.9. The first-order valence-corrected chi connectivity index (χ1v) is 20.7. The number of phosphoric ester groups is 3. The maximum absolute atomic E-state index is 12.6. The van der Waals surface area contributed by atoms with Gasteiger partial charge in [-0.3, -0.25) is 37.3 Å². The lowest BCUT2D eigenvalue weighted by Gasteiger charge is -2.30. The smallest absolute Gasteiger partial charge is 0.386 e. The number of nitrogen functional groups attached to an aromatic ring is 1. The molecule has 0 saturated carbocycles. The molecule has 0 bridgehead atoms.